The van der Waals surface area contributed by atoms with Gasteiger partial charge in [-0.2, -0.15) is 0 Å². The van der Waals surface area contributed by atoms with Crippen LogP contribution in [0.25, 0.3) is 0 Å². The lowest BCUT2D eigenvalue weighted by Crippen LogP contribution is -2.03. The van der Waals surface area contributed by atoms with Gasteiger partial charge in [0.25, 0.3) is 0 Å². The molecule has 6 heteroatoms. The predicted octanol–water partition coefficient (Wildman–Crippen LogP) is 4.44. The van der Waals surface area contributed by atoms with Gasteiger partial charge >= 0.3 is 5.97 Å². The zero-order valence-electron chi connectivity index (χ0n) is 10.2. The van der Waals surface area contributed by atoms with Crippen molar-refractivity contribution in [2.45, 2.75) is 6.54 Å². The van der Waals surface area contributed by atoms with E-state index in [0.717, 1.165) is 0 Å². The first-order valence-corrected chi connectivity index (χ1v) is 6.43. The quantitative estimate of drug-likeness (QED) is 0.877. The Kier molecular flexibility index (Phi) is 4.47. The van der Waals surface area contributed by atoms with Crippen LogP contribution in [0.15, 0.2) is 36.4 Å². The zero-order valence-corrected chi connectivity index (χ0v) is 11.7. The molecule has 0 spiro atoms. The van der Waals surface area contributed by atoms with Gasteiger partial charge in [0.2, 0.25) is 0 Å². The van der Waals surface area contributed by atoms with Gasteiger partial charge < -0.3 is 10.4 Å². The molecule has 2 N–H and O–H groups in total. The predicted molar refractivity (Wildman–Crippen MR) is 77.1 cm³/mol. The smallest absolute Gasteiger partial charge is 0.337 e. The number of anilines is 1. The number of rotatable bonds is 4. The molecule has 2 rings (SSSR count). The van der Waals surface area contributed by atoms with E-state index < -0.39 is 11.8 Å². The van der Waals surface area contributed by atoms with Crippen molar-refractivity contribution in [1.82, 2.24) is 0 Å². The lowest BCUT2D eigenvalue weighted by atomic mass is 10.2. The first kappa shape index (κ1) is 14.6. The van der Waals surface area contributed by atoms with Crippen molar-refractivity contribution in [3.8, 4) is 0 Å². The van der Waals surface area contributed by atoms with Crippen molar-refractivity contribution in [3.05, 3.63) is 63.4 Å². The second-order valence-corrected chi connectivity index (χ2v) is 4.90. The minimum atomic E-state index is -1.10. The van der Waals surface area contributed by atoms with Crippen LogP contribution in [-0.2, 0) is 6.54 Å². The molecule has 0 aromatic heterocycles. The van der Waals surface area contributed by atoms with Gasteiger partial charge in [0.05, 0.1) is 10.6 Å². The maximum Gasteiger partial charge on any atom is 0.337 e. The van der Waals surface area contributed by atoms with E-state index in [1.54, 1.807) is 12.1 Å². The molecule has 0 saturated carbocycles. The maximum absolute atomic E-state index is 12.9. The Hall–Kier alpha value is -1.78. The van der Waals surface area contributed by atoms with Gasteiger partial charge in [0, 0.05) is 17.3 Å². The van der Waals surface area contributed by atoms with Crippen LogP contribution in [0.4, 0.5) is 10.1 Å². The van der Waals surface area contributed by atoms with Crippen LogP contribution in [0.1, 0.15) is 15.9 Å². The molecule has 0 fully saturated rings. The summed E-state index contributed by atoms with van der Waals surface area (Å²) in [5, 5.41) is 12.5. The largest absolute Gasteiger partial charge is 0.478 e. The average molecular weight is 314 g/mol. The van der Waals surface area contributed by atoms with Crippen LogP contribution in [-0.4, -0.2) is 11.1 Å². The molecule has 0 radical (unpaired) electrons. The van der Waals surface area contributed by atoms with E-state index in [2.05, 4.69) is 5.32 Å². The van der Waals surface area contributed by atoms with Gasteiger partial charge in [-0.05, 0) is 35.9 Å². The van der Waals surface area contributed by atoms with Crippen LogP contribution >= 0.6 is 23.2 Å². The number of hydrogen-bond donors (Lipinski definition) is 2. The Morgan fingerprint density at radius 3 is 2.55 bits per heavy atom. The Bertz CT molecular complexity index is 662. The van der Waals surface area contributed by atoms with Gasteiger partial charge in [-0.15, -0.1) is 0 Å². The number of hydrogen-bond acceptors (Lipinski definition) is 2. The summed E-state index contributed by atoms with van der Waals surface area (Å²) in [7, 11) is 0. The minimum absolute atomic E-state index is 0.0156. The highest BCUT2D eigenvalue weighted by molar-refractivity contribution is 6.33. The molecular formula is C14H10Cl2FNO2. The lowest BCUT2D eigenvalue weighted by Gasteiger charge is -2.09. The molecule has 104 valence electrons. The molecule has 0 saturated heterocycles. The highest BCUT2D eigenvalue weighted by Gasteiger charge is 2.09. The van der Waals surface area contributed by atoms with E-state index in [0.29, 0.717) is 22.8 Å². The Labute approximate surface area is 124 Å². The van der Waals surface area contributed by atoms with Crippen LogP contribution in [0.5, 0.6) is 0 Å². The third-order valence-corrected chi connectivity index (χ3v) is 3.38. The fourth-order valence-electron chi connectivity index (χ4n) is 1.66. The zero-order chi connectivity index (χ0) is 14.7. The number of carbonyl (C=O) groups is 1. The molecule has 2 aromatic rings. The first-order valence-electron chi connectivity index (χ1n) is 5.68. The third-order valence-electron chi connectivity index (χ3n) is 2.69. The summed E-state index contributed by atoms with van der Waals surface area (Å²) < 4.78 is 12.9. The van der Waals surface area contributed by atoms with Crippen molar-refractivity contribution < 1.29 is 14.3 Å². The summed E-state index contributed by atoms with van der Waals surface area (Å²) in [4.78, 5) is 11.0. The Morgan fingerprint density at radius 1 is 1.15 bits per heavy atom. The summed E-state index contributed by atoms with van der Waals surface area (Å²) in [6, 6.07) is 8.70. The molecule has 0 unspecified atom stereocenters. The number of carboxylic acid groups (broad SMARTS) is 1. The fourth-order valence-corrected chi connectivity index (χ4v) is 2.09. The number of aromatic carboxylic acids is 1. The molecule has 0 aliphatic heterocycles. The summed E-state index contributed by atoms with van der Waals surface area (Å²) in [5.74, 6) is -1.50. The van der Waals surface area contributed by atoms with E-state index in [1.165, 1.54) is 24.3 Å². The summed E-state index contributed by atoms with van der Waals surface area (Å²) in [6.07, 6.45) is 0. The lowest BCUT2D eigenvalue weighted by molar-refractivity contribution is 0.0697. The van der Waals surface area contributed by atoms with Gasteiger partial charge in [0.15, 0.2) is 0 Å². The van der Waals surface area contributed by atoms with Gasteiger partial charge in [0.1, 0.15) is 5.82 Å². The van der Waals surface area contributed by atoms with E-state index in [1.807, 2.05) is 0 Å². The van der Waals surface area contributed by atoms with Crippen molar-refractivity contribution >= 4 is 34.9 Å². The molecule has 20 heavy (non-hydrogen) atoms. The SMILES string of the molecule is O=C(O)c1cc(NCc2ccc(F)cc2Cl)ccc1Cl. The van der Waals surface area contributed by atoms with Crippen molar-refractivity contribution in [2.75, 3.05) is 5.32 Å². The number of carboxylic acids is 1. The molecule has 0 aliphatic carbocycles. The molecule has 0 amide bonds. The monoisotopic (exact) mass is 313 g/mol. The Morgan fingerprint density at radius 2 is 1.90 bits per heavy atom. The molecule has 0 bridgehead atoms. The number of nitrogens with one attached hydrogen (secondary N) is 1. The minimum Gasteiger partial charge on any atom is -0.478 e. The second-order valence-electron chi connectivity index (χ2n) is 4.09. The molecule has 0 atom stereocenters. The second kappa shape index (κ2) is 6.11. The van der Waals surface area contributed by atoms with Crippen molar-refractivity contribution in [2.24, 2.45) is 0 Å². The topological polar surface area (TPSA) is 49.3 Å². The van der Waals surface area contributed by atoms with Gasteiger partial charge in [-0.1, -0.05) is 29.3 Å². The molecule has 0 aliphatic rings. The highest BCUT2D eigenvalue weighted by atomic mass is 35.5. The van der Waals surface area contributed by atoms with Crippen molar-refractivity contribution in [3.63, 3.8) is 0 Å². The van der Waals surface area contributed by atoms with Gasteiger partial charge in [-0.25, -0.2) is 9.18 Å². The summed E-state index contributed by atoms with van der Waals surface area (Å²) >= 11 is 11.7. The maximum atomic E-state index is 12.9. The van der Waals surface area contributed by atoms with Crippen LogP contribution < -0.4 is 5.32 Å². The number of benzene rings is 2. The summed E-state index contributed by atoms with van der Waals surface area (Å²) in [6.45, 7) is 0.347. The van der Waals surface area contributed by atoms with E-state index in [4.69, 9.17) is 28.3 Å². The van der Waals surface area contributed by atoms with Crippen LogP contribution in [0, 0.1) is 5.82 Å². The van der Waals surface area contributed by atoms with Crippen molar-refractivity contribution in [1.29, 1.82) is 0 Å². The third kappa shape index (κ3) is 3.40. The molecular weight excluding hydrogens is 304 g/mol. The summed E-state index contributed by atoms with van der Waals surface area (Å²) in [5.41, 5.74) is 1.31. The molecule has 3 nitrogen and oxygen atoms in total. The molecule has 0 heterocycles. The van der Waals surface area contributed by atoms with Gasteiger partial charge in [-0.3, -0.25) is 0 Å². The van der Waals surface area contributed by atoms with E-state index in [9.17, 15) is 9.18 Å². The van der Waals surface area contributed by atoms with Crippen LogP contribution in [0.2, 0.25) is 10.0 Å². The normalized spacial score (nSPS) is 10.3. The fraction of sp³-hybridized carbons (Fsp3) is 0.0714. The highest BCUT2D eigenvalue weighted by Crippen LogP contribution is 2.22. The van der Waals surface area contributed by atoms with E-state index >= 15 is 0 Å². The molecule has 2 aromatic carbocycles. The average Bonchev–Trinajstić information content (AvgIpc) is 2.39. The number of halogens is 3. The standard InChI is InChI=1S/C14H10Cl2FNO2/c15-12-4-3-10(6-11(12)14(19)20)18-7-8-1-2-9(17)5-13(8)16/h1-6,18H,7H2,(H,19,20). The van der Waals surface area contributed by atoms with E-state index in [-0.39, 0.29) is 10.6 Å². The Balaban J connectivity index is 2.15. The van der Waals surface area contributed by atoms with Crippen LogP contribution in [0.3, 0.4) is 0 Å². The first-order chi connectivity index (χ1) is 9.47.